The first-order valence-electron chi connectivity index (χ1n) is 7.12. The first kappa shape index (κ1) is 15.4. The van der Waals surface area contributed by atoms with Gasteiger partial charge in [0.05, 0.1) is 19.2 Å². The summed E-state index contributed by atoms with van der Waals surface area (Å²) in [6, 6.07) is 13.4. The highest BCUT2D eigenvalue weighted by atomic mass is 35.5. The Morgan fingerprint density at radius 1 is 1.17 bits per heavy atom. The molecule has 1 aliphatic rings. The van der Waals surface area contributed by atoms with E-state index in [-0.39, 0.29) is 18.2 Å². The van der Waals surface area contributed by atoms with Gasteiger partial charge in [0, 0.05) is 10.7 Å². The number of hydrogen-bond acceptors (Lipinski definition) is 4. The molecule has 5 nitrogen and oxygen atoms in total. The summed E-state index contributed by atoms with van der Waals surface area (Å²) in [6.07, 6.45) is 0.0867. The van der Waals surface area contributed by atoms with Gasteiger partial charge in [-0.2, -0.15) is 0 Å². The third-order valence-electron chi connectivity index (χ3n) is 3.64. The molecule has 1 heterocycles. The third-order valence-corrected chi connectivity index (χ3v) is 3.87. The molecule has 23 heavy (non-hydrogen) atoms. The predicted molar refractivity (Wildman–Crippen MR) is 89.0 cm³/mol. The number of para-hydroxylation sites is 2. The number of amides is 2. The van der Waals surface area contributed by atoms with Gasteiger partial charge in [0.15, 0.2) is 0 Å². The van der Waals surface area contributed by atoms with Crippen molar-refractivity contribution in [1.29, 1.82) is 0 Å². The molecule has 6 heteroatoms. The second-order valence-electron chi connectivity index (χ2n) is 5.15. The van der Waals surface area contributed by atoms with E-state index in [4.69, 9.17) is 16.3 Å². The Morgan fingerprint density at radius 2 is 1.96 bits per heavy atom. The highest BCUT2D eigenvalue weighted by Gasteiger charge is 2.40. The van der Waals surface area contributed by atoms with E-state index in [1.807, 2.05) is 0 Å². The van der Waals surface area contributed by atoms with E-state index >= 15 is 0 Å². The molecule has 0 bridgehead atoms. The van der Waals surface area contributed by atoms with Crippen LogP contribution < -0.4 is 15.0 Å². The van der Waals surface area contributed by atoms with Gasteiger partial charge in [0.25, 0.3) is 5.91 Å². The lowest BCUT2D eigenvalue weighted by Gasteiger charge is -2.18. The molecule has 0 aromatic heterocycles. The second kappa shape index (κ2) is 6.30. The molecule has 118 valence electrons. The number of carbonyl (C=O) groups is 2. The third kappa shape index (κ3) is 3.00. The number of imide groups is 1. The molecule has 3 rings (SSSR count). The Hall–Kier alpha value is -2.53. The molecule has 2 amide bonds. The summed E-state index contributed by atoms with van der Waals surface area (Å²) in [7, 11) is 1.51. The maximum Gasteiger partial charge on any atom is 0.256 e. The lowest BCUT2D eigenvalue weighted by atomic mass is 10.2. The van der Waals surface area contributed by atoms with Gasteiger partial charge >= 0.3 is 0 Å². The number of halogens is 1. The van der Waals surface area contributed by atoms with Gasteiger partial charge in [0.2, 0.25) is 5.91 Å². The lowest BCUT2D eigenvalue weighted by Crippen LogP contribution is -2.35. The highest BCUT2D eigenvalue weighted by molar-refractivity contribution is 6.30. The Labute approximate surface area is 138 Å². The number of hydrogen-bond donors (Lipinski definition) is 1. The lowest BCUT2D eigenvalue weighted by molar-refractivity contribution is -0.121. The van der Waals surface area contributed by atoms with Crippen LogP contribution in [0.5, 0.6) is 5.75 Å². The van der Waals surface area contributed by atoms with Crippen molar-refractivity contribution in [3.63, 3.8) is 0 Å². The van der Waals surface area contributed by atoms with Crippen LogP contribution in [0.1, 0.15) is 6.42 Å². The minimum Gasteiger partial charge on any atom is -0.495 e. The number of anilines is 2. The fourth-order valence-corrected chi connectivity index (χ4v) is 2.78. The number of rotatable bonds is 4. The monoisotopic (exact) mass is 330 g/mol. The average molecular weight is 331 g/mol. The second-order valence-corrected chi connectivity index (χ2v) is 5.59. The van der Waals surface area contributed by atoms with Gasteiger partial charge in [-0.05, 0) is 30.3 Å². The Balaban J connectivity index is 1.85. The largest absolute Gasteiger partial charge is 0.495 e. The van der Waals surface area contributed by atoms with Crippen molar-refractivity contribution in [1.82, 2.24) is 0 Å². The maximum absolute atomic E-state index is 12.6. The van der Waals surface area contributed by atoms with Crippen LogP contribution in [-0.4, -0.2) is 25.0 Å². The first-order chi connectivity index (χ1) is 11.1. The van der Waals surface area contributed by atoms with Crippen LogP contribution in [0.4, 0.5) is 11.4 Å². The van der Waals surface area contributed by atoms with Gasteiger partial charge in [-0.1, -0.05) is 29.8 Å². The van der Waals surface area contributed by atoms with E-state index in [2.05, 4.69) is 5.32 Å². The van der Waals surface area contributed by atoms with Gasteiger partial charge < -0.3 is 10.1 Å². The fourth-order valence-electron chi connectivity index (χ4n) is 2.59. The molecule has 2 aromatic rings. The smallest absolute Gasteiger partial charge is 0.256 e. The molecule has 1 fully saturated rings. The van der Waals surface area contributed by atoms with E-state index in [0.717, 1.165) is 0 Å². The standard InChI is InChI=1S/C17H15ClN2O3/c1-23-15-8-3-2-7-14(15)20-16(21)10-13(17(20)22)19-12-6-4-5-11(18)9-12/h2-9,13,19H,10H2,1H3/t13-/m1/s1. The number of nitrogens with one attached hydrogen (secondary N) is 1. The van der Waals surface area contributed by atoms with E-state index in [0.29, 0.717) is 22.1 Å². The zero-order chi connectivity index (χ0) is 16.4. The Morgan fingerprint density at radius 3 is 2.70 bits per heavy atom. The molecular formula is C17H15ClN2O3. The minimum absolute atomic E-state index is 0.0867. The minimum atomic E-state index is -0.620. The van der Waals surface area contributed by atoms with Crippen molar-refractivity contribution in [2.45, 2.75) is 12.5 Å². The molecule has 2 aromatic carbocycles. The number of ether oxygens (including phenoxy) is 1. The van der Waals surface area contributed by atoms with Gasteiger partial charge in [-0.25, -0.2) is 4.90 Å². The van der Waals surface area contributed by atoms with Crippen molar-refractivity contribution in [3.8, 4) is 5.75 Å². The zero-order valence-corrected chi connectivity index (χ0v) is 13.2. The summed E-state index contributed by atoms with van der Waals surface area (Å²) in [5, 5.41) is 3.63. The van der Waals surface area contributed by atoms with Crippen LogP contribution in [-0.2, 0) is 9.59 Å². The molecular weight excluding hydrogens is 316 g/mol. The van der Waals surface area contributed by atoms with Crippen LogP contribution >= 0.6 is 11.6 Å². The van der Waals surface area contributed by atoms with Crippen molar-refractivity contribution in [2.24, 2.45) is 0 Å². The summed E-state index contributed by atoms with van der Waals surface area (Å²) in [5.74, 6) is -0.0869. The normalized spacial score (nSPS) is 17.5. The number of methoxy groups -OCH3 is 1. The quantitative estimate of drug-likeness (QED) is 0.875. The molecule has 0 aliphatic carbocycles. The molecule has 1 aliphatic heterocycles. The van der Waals surface area contributed by atoms with Gasteiger partial charge in [-0.3, -0.25) is 9.59 Å². The predicted octanol–water partition coefficient (Wildman–Crippen LogP) is 3.09. The van der Waals surface area contributed by atoms with Gasteiger partial charge in [0.1, 0.15) is 11.8 Å². The topological polar surface area (TPSA) is 58.6 Å². The van der Waals surface area contributed by atoms with E-state index in [1.54, 1.807) is 48.5 Å². The Bertz CT molecular complexity index is 763. The summed E-state index contributed by atoms with van der Waals surface area (Å²) in [4.78, 5) is 26.1. The van der Waals surface area contributed by atoms with Crippen LogP contribution in [0.25, 0.3) is 0 Å². The SMILES string of the molecule is COc1ccccc1N1C(=O)C[C@@H](Nc2cccc(Cl)c2)C1=O. The summed E-state index contributed by atoms with van der Waals surface area (Å²) in [5.41, 5.74) is 1.16. The van der Waals surface area contributed by atoms with Crippen molar-refractivity contribution in [3.05, 3.63) is 53.6 Å². The number of carbonyl (C=O) groups excluding carboxylic acids is 2. The molecule has 0 spiro atoms. The number of benzene rings is 2. The number of nitrogens with zero attached hydrogens (tertiary/aromatic N) is 1. The van der Waals surface area contributed by atoms with Crippen molar-refractivity contribution < 1.29 is 14.3 Å². The summed E-state index contributed by atoms with van der Waals surface area (Å²) < 4.78 is 5.24. The maximum atomic E-state index is 12.6. The molecule has 1 saturated heterocycles. The summed E-state index contributed by atoms with van der Waals surface area (Å²) in [6.45, 7) is 0. The average Bonchev–Trinajstić information content (AvgIpc) is 2.81. The van der Waals surface area contributed by atoms with Crippen LogP contribution in [0.2, 0.25) is 5.02 Å². The van der Waals surface area contributed by atoms with Gasteiger partial charge in [-0.15, -0.1) is 0 Å². The fraction of sp³-hybridized carbons (Fsp3) is 0.176. The summed E-state index contributed by atoms with van der Waals surface area (Å²) >= 11 is 5.94. The van der Waals surface area contributed by atoms with E-state index in [9.17, 15) is 9.59 Å². The van der Waals surface area contributed by atoms with E-state index < -0.39 is 6.04 Å². The Kier molecular flexibility index (Phi) is 4.21. The first-order valence-corrected chi connectivity index (χ1v) is 7.50. The van der Waals surface area contributed by atoms with Crippen LogP contribution in [0.15, 0.2) is 48.5 Å². The van der Waals surface area contributed by atoms with Crippen LogP contribution in [0.3, 0.4) is 0 Å². The van der Waals surface area contributed by atoms with E-state index in [1.165, 1.54) is 12.0 Å². The molecule has 1 N–H and O–H groups in total. The zero-order valence-electron chi connectivity index (χ0n) is 12.5. The molecule has 1 atom stereocenters. The highest BCUT2D eigenvalue weighted by Crippen LogP contribution is 2.32. The molecule has 0 unspecified atom stereocenters. The molecule has 0 saturated carbocycles. The van der Waals surface area contributed by atoms with Crippen molar-refractivity contribution >= 4 is 34.8 Å². The van der Waals surface area contributed by atoms with Crippen molar-refractivity contribution in [2.75, 3.05) is 17.3 Å². The van der Waals surface area contributed by atoms with Crippen LogP contribution in [0, 0.1) is 0 Å². The molecule has 0 radical (unpaired) electrons.